The highest BCUT2D eigenvalue weighted by Crippen LogP contribution is 1.92. The summed E-state index contributed by atoms with van der Waals surface area (Å²) in [6.07, 6.45) is 4.11. The van der Waals surface area contributed by atoms with Crippen LogP contribution in [0.25, 0.3) is 10.4 Å². The van der Waals surface area contributed by atoms with Crippen LogP contribution in [0.15, 0.2) is 17.5 Å². The van der Waals surface area contributed by atoms with Crippen molar-refractivity contribution >= 4 is 0 Å². The molecule has 1 aromatic heterocycles. The maximum Gasteiger partial charge on any atom is 0.0646 e. The molecule has 0 atom stereocenters. The van der Waals surface area contributed by atoms with Crippen LogP contribution in [0.5, 0.6) is 0 Å². The van der Waals surface area contributed by atoms with Gasteiger partial charge in [-0.2, -0.15) is 5.10 Å². The van der Waals surface area contributed by atoms with Crippen LogP contribution in [0.4, 0.5) is 0 Å². The molecule has 5 nitrogen and oxygen atoms in total. The Balaban J connectivity index is 2.43. The Kier molecular flexibility index (Phi) is 3.43. The summed E-state index contributed by atoms with van der Waals surface area (Å²) in [4.78, 5) is 2.63. The monoisotopic (exact) mass is 175 g/mol. The van der Waals surface area contributed by atoms with Gasteiger partial charge in [-0.3, -0.25) is 4.68 Å². The molecule has 0 aliphatic heterocycles. The fraction of sp³-hybridized carbons (Fsp3) is 0.375. The fourth-order valence-electron chi connectivity index (χ4n) is 0.801. The highest BCUT2D eigenvalue weighted by atomic mass is 15.2. The minimum Gasteiger partial charge on any atom is -0.275 e. The van der Waals surface area contributed by atoms with Crippen molar-refractivity contribution in [3.05, 3.63) is 28.4 Å². The van der Waals surface area contributed by atoms with Crippen LogP contribution in [0.1, 0.15) is 12.0 Å². The maximum absolute atomic E-state index is 7.98. The molecular formula is C8H9N5. The summed E-state index contributed by atoms with van der Waals surface area (Å²) in [5, 5.41) is 7.33. The van der Waals surface area contributed by atoms with Gasteiger partial charge in [0.15, 0.2) is 0 Å². The number of aromatic nitrogens is 2. The first-order valence-electron chi connectivity index (χ1n) is 3.81. The van der Waals surface area contributed by atoms with Crippen LogP contribution in [0.3, 0.4) is 0 Å². The van der Waals surface area contributed by atoms with E-state index < -0.39 is 0 Å². The second-order valence-electron chi connectivity index (χ2n) is 2.41. The van der Waals surface area contributed by atoms with Gasteiger partial charge in [0.1, 0.15) is 0 Å². The summed E-state index contributed by atoms with van der Waals surface area (Å²) in [7, 11) is 1.84. The van der Waals surface area contributed by atoms with Crippen molar-refractivity contribution in [3.63, 3.8) is 0 Å². The minimum absolute atomic E-state index is 0.420. The molecule has 0 unspecified atom stereocenters. The van der Waals surface area contributed by atoms with Gasteiger partial charge in [0.05, 0.1) is 11.8 Å². The molecule has 1 aromatic rings. The van der Waals surface area contributed by atoms with Crippen molar-refractivity contribution in [2.75, 3.05) is 6.54 Å². The lowest BCUT2D eigenvalue weighted by atomic mass is 10.3. The number of aryl methyl sites for hydroxylation is 1. The lowest BCUT2D eigenvalue weighted by molar-refractivity contribution is 0.767. The highest BCUT2D eigenvalue weighted by Gasteiger charge is 1.87. The summed E-state index contributed by atoms with van der Waals surface area (Å²) >= 11 is 0. The van der Waals surface area contributed by atoms with Crippen LogP contribution in [0, 0.1) is 11.8 Å². The van der Waals surface area contributed by atoms with E-state index in [0.717, 1.165) is 5.56 Å². The molecular weight excluding hydrogens is 166 g/mol. The Morgan fingerprint density at radius 3 is 3.23 bits per heavy atom. The van der Waals surface area contributed by atoms with Gasteiger partial charge >= 0.3 is 0 Å². The molecule has 0 aliphatic rings. The predicted octanol–water partition coefficient (Wildman–Crippen LogP) is 1.47. The highest BCUT2D eigenvalue weighted by molar-refractivity contribution is 5.29. The van der Waals surface area contributed by atoms with Crippen molar-refractivity contribution in [1.82, 2.24) is 9.78 Å². The van der Waals surface area contributed by atoms with Gasteiger partial charge in [-0.1, -0.05) is 17.0 Å². The second kappa shape index (κ2) is 4.86. The Hall–Kier alpha value is -1.92. The molecule has 0 aromatic carbocycles. The van der Waals surface area contributed by atoms with Crippen molar-refractivity contribution in [2.24, 2.45) is 12.2 Å². The Morgan fingerprint density at radius 1 is 1.77 bits per heavy atom. The molecule has 0 saturated carbocycles. The van der Waals surface area contributed by atoms with Gasteiger partial charge in [-0.05, 0) is 5.53 Å². The number of hydrogen-bond acceptors (Lipinski definition) is 2. The molecule has 0 fully saturated rings. The summed E-state index contributed by atoms with van der Waals surface area (Å²) in [6.45, 7) is 0.420. The van der Waals surface area contributed by atoms with Crippen LogP contribution in [-0.2, 0) is 7.05 Å². The SMILES string of the molecule is Cn1cc(C#CCCN=[N+]=[N-])cn1. The molecule has 0 bridgehead atoms. The zero-order valence-electron chi connectivity index (χ0n) is 7.30. The van der Waals surface area contributed by atoms with E-state index in [1.165, 1.54) is 0 Å². The normalized spacial score (nSPS) is 8.38. The molecule has 1 heterocycles. The Morgan fingerprint density at radius 2 is 2.62 bits per heavy atom. The zero-order chi connectivity index (χ0) is 9.52. The number of nitrogens with zero attached hydrogens (tertiary/aromatic N) is 5. The van der Waals surface area contributed by atoms with E-state index in [2.05, 4.69) is 27.0 Å². The number of hydrogen-bond donors (Lipinski definition) is 0. The lowest BCUT2D eigenvalue weighted by Crippen LogP contribution is -1.83. The third kappa shape index (κ3) is 3.32. The standard InChI is InChI=1S/C8H9N5/c1-13-7-8(6-11-13)4-2-3-5-10-12-9/h6-7H,3,5H2,1H3. The molecule has 0 aliphatic carbocycles. The first-order valence-corrected chi connectivity index (χ1v) is 3.81. The van der Waals surface area contributed by atoms with E-state index in [1.54, 1.807) is 10.9 Å². The predicted molar refractivity (Wildman–Crippen MR) is 48.7 cm³/mol. The van der Waals surface area contributed by atoms with Gasteiger partial charge in [0.25, 0.3) is 0 Å². The van der Waals surface area contributed by atoms with Crippen LogP contribution >= 0.6 is 0 Å². The zero-order valence-corrected chi connectivity index (χ0v) is 7.30. The van der Waals surface area contributed by atoms with Crippen molar-refractivity contribution in [3.8, 4) is 11.8 Å². The first-order chi connectivity index (χ1) is 6.33. The first kappa shape index (κ1) is 9.17. The van der Waals surface area contributed by atoms with Crippen LogP contribution < -0.4 is 0 Å². The fourth-order valence-corrected chi connectivity index (χ4v) is 0.801. The molecule has 0 saturated heterocycles. The summed E-state index contributed by atoms with van der Waals surface area (Å²) < 4.78 is 1.69. The molecule has 0 spiro atoms. The largest absolute Gasteiger partial charge is 0.275 e. The van der Waals surface area contributed by atoms with Gasteiger partial charge in [0.2, 0.25) is 0 Å². The molecule has 13 heavy (non-hydrogen) atoms. The quantitative estimate of drug-likeness (QED) is 0.220. The summed E-state index contributed by atoms with van der Waals surface area (Å²) in [5.41, 5.74) is 8.86. The average Bonchev–Trinajstić information content (AvgIpc) is 2.51. The smallest absolute Gasteiger partial charge is 0.0646 e. The maximum atomic E-state index is 7.98. The summed E-state index contributed by atoms with van der Waals surface area (Å²) in [6, 6.07) is 0. The number of azide groups is 1. The van der Waals surface area contributed by atoms with E-state index in [4.69, 9.17) is 5.53 Å². The van der Waals surface area contributed by atoms with E-state index in [9.17, 15) is 0 Å². The minimum atomic E-state index is 0.420. The van der Waals surface area contributed by atoms with Crippen molar-refractivity contribution < 1.29 is 0 Å². The molecule has 0 N–H and O–H groups in total. The molecule has 0 amide bonds. The number of rotatable bonds is 2. The lowest BCUT2D eigenvalue weighted by Gasteiger charge is -1.80. The van der Waals surface area contributed by atoms with Crippen LogP contribution in [-0.4, -0.2) is 16.3 Å². The Labute approximate surface area is 76.0 Å². The van der Waals surface area contributed by atoms with E-state index in [1.807, 2.05) is 13.2 Å². The average molecular weight is 175 g/mol. The van der Waals surface area contributed by atoms with Gasteiger partial charge in [-0.25, -0.2) is 0 Å². The van der Waals surface area contributed by atoms with Crippen molar-refractivity contribution in [2.45, 2.75) is 6.42 Å². The van der Waals surface area contributed by atoms with E-state index in [-0.39, 0.29) is 0 Å². The topological polar surface area (TPSA) is 66.6 Å². The summed E-state index contributed by atoms with van der Waals surface area (Å²) in [5.74, 6) is 5.79. The molecule has 0 radical (unpaired) electrons. The van der Waals surface area contributed by atoms with Gasteiger partial charge in [0, 0.05) is 31.1 Å². The third-order valence-corrected chi connectivity index (χ3v) is 1.34. The molecule has 1 rings (SSSR count). The van der Waals surface area contributed by atoms with Crippen molar-refractivity contribution in [1.29, 1.82) is 0 Å². The van der Waals surface area contributed by atoms with Gasteiger partial charge in [-0.15, -0.1) is 0 Å². The molecule has 66 valence electrons. The Bertz CT molecular complexity index is 375. The van der Waals surface area contributed by atoms with E-state index in [0.29, 0.717) is 13.0 Å². The van der Waals surface area contributed by atoms with Gasteiger partial charge < -0.3 is 0 Å². The third-order valence-electron chi connectivity index (χ3n) is 1.34. The second-order valence-corrected chi connectivity index (χ2v) is 2.41. The van der Waals surface area contributed by atoms with E-state index >= 15 is 0 Å². The molecule has 5 heteroatoms. The van der Waals surface area contributed by atoms with Crippen LogP contribution in [0.2, 0.25) is 0 Å².